The van der Waals surface area contributed by atoms with Crippen LogP contribution in [-0.4, -0.2) is 35.0 Å². The van der Waals surface area contributed by atoms with Crippen molar-refractivity contribution in [3.63, 3.8) is 0 Å². The van der Waals surface area contributed by atoms with E-state index in [1.807, 2.05) is 0 Å². The standard InChI is InChI=1S/C21H14ClNO4S/c1-2-11-27-17-9-3-14(4-10-17)12-19-20(25)23(21(26)28-19)13-18(24)15-5-7-16(22)8-6-15/h1,3-10,12H,11,13H2. The van der Waals surface area contributed by atoms with Crippen molar-refractivity contribution in [2.45, 2.75) is 0 Å². The van der Waals surface area contributed by atoms with E-state index < -0.39 is 11.1 Å². The van der Waals surface area contributed by atoms with Gasteiger partial charge in [0, 0.05) is 10.6 Å². The van der Waals surface area contributed by atoms with E-state index in [4.69, 9.17) is 22.8 Å². The number of imide groups is 1. The average molecular weight is 412 g/mol. The van der Waals surface area contributed by atoms with Gasteiger partial charge in [-0.05, 0) is 59.8 Å². The number of carbonyl (C=O) groups excluding carboxylic acids is 3. The van der Waals surface area contributed by atoms with Gasteiger partial charge in [-0.2, -0.15) is 0 Å². The van der Waals surface area contributed by atoms with E-state index >= 15 is 0 Å². The van der Waals surface area contributed by atoms with Crippen molar-refractivity contribution in [3.05, 3.63) is 69.6 Å². The van der Waals surface area contributed by atoms with Gasteiger partial charge in [-0.25, -0.2) is 0 Å². The summed E-state index contributed by atoms with van der Waals surface area (Å²) in [6.45, 7) is -0.150. The van der Waals surface area contributed by atoms with Crippen LogP contribution in [0.25, 0.3) is 6.08 Å². The predicted octanol–water partition coefficient (Wildman–Crippen LogP) is 4.27. The molecule has 0 unspecified atom stereocenters. The third-order valence-corrected chi connectivity index (χ3v) is 5.00. The van der Waals surface area contributed by atoms with Gasteiger partial charge >= 0.3 is 0 Å². The molecular formula is C21H14ClNO4S. The number of ether oxygens (including phenoxy) is 1. The molecule has 0 bridgehead atoms. The number of carbonyl (C=O) groups is 3. The summed E-state index contributed by atoms with van der Waals surface area (Å²) in [6.07, 6.45) is 6.74. The largest absolute Gasteiger partial charge is 0.481 e. The van der Waals surface area contributed by atoms with Gasteiger partial charge in [0.15, 0.2) is 5.78 Å². The van der Waals surface area contributed by atoms with E-state index in [-0.39, 0.29) is 23.8 Å². The van der Waals surface area contributed by atoms with E-state index in [2.05, 4.69) is 5.92 Å². The lowest BCUT2D eigenvalue weighted by atomic mass is 10.1. The molecule has 2 amide bonds. The smallest absolute Gasteiger partial charge is 0.293 e. The second-order valence-corrected chi connectivity index (χ2v) is 7.19. The van der Waals surface area contributed by atoms with Gasteiger partial charge in [0.1, 0.15) is 12.4 Å². The van der Waals surface area contributed by atoms with E-state index in [0.29, 0.717) is 16.3 Å². The van der Waals surface area contributed by atoms with Crippen LogP contribution >= 0.6 is 23.4 Å². The van der Waals surface area contributed by atoms with Crippen molar-refractivity contribution in [1.82, 2.24) is 4.90 Å². The molecule has 0 saturated carbocycles. The lowest BCUT2D eigenvalue weighted by molar-refractivity contribution is -0.122. The molecule has 28 heavy (non-hydrogen) atoms. The number of halogens is 1. The summed E-state index contributed by atoms with van der Waals surface area (Å²) < 4.78 is 5.29. The quantitative estimate of drug-likeness (QED) is 0.403. The molecule has 1 saturated heterocycles. The normalized spacial score (nSPS) is 15.0. The Morgan fingerprint density at radius 1 is 1.14 bits per heavy atom. The molecular weight excluding hydrogens is 398 g/mol. The molecule has 140 valence electrons. The minimum Gasteiger partial charge on any atom is -0.481 e. The highest BCUT2D eigenvalue weighted by Gasteiger charge is 2.36. The van der Waals surface area contributed by atoms with Crippen LogP contribution in [0, 0.1) is 12.3 Å². The lowest BCUT2D eigenvalue weighted by Crippen LogP contribution is -2.33. The molecule has 1 heterocycles. The Bertz CT molecular complexity index is 991. The zero-order valence-electron chi connectivity index (χ0n) is 14.6. The van der Waals surface area contributed by atoms with Crippen LogP contribution in [0.1, 0.15) is 15.9 Å². The lowest BCUT2D eigenvalue weighted by Gasteiger charge is -2.11. The van der Waals surface area contributed by atoms with Gasteiger partial charge in [0.05, 0.1) is 11.4 Å². The van der Waals surface area contributed by atoms with Crippen LogP contribution in [0.2, 0.25) is 5.02 Å². The maximum atomic E-state index is 12.5. The third-order valence-electron chi connectivity index (χ3n) is 3.84. The van der Waals surface area contributed by atoms with Gasteiger partial charge in [-0.3, -0.25) is 19.3 Å². The van der Waals surface area contributed by atoms with Crippen molar-refractivity contribution < 1.29 is 19.1 Å². The maximum Gasteiger partial charge on any atom is 0.293 e. The number of thioether (sulfide) groups is 1. The highest BCUT2D eigenvalue weighted by molar-refractivity contribution is 8.18. The monoisotopic (exact) mass is 411 g/mol. The van der Waals surface area contributed by atoms with Gasteiger partial charge < -0.3 is 4.74 Å². The van der Waals surface area contributed by atoms with Crippen molar-refractivity contribution in [2.24, 2.45) is 0 Å². The Morgan fingerprint density at radius 2 is 1.82 bits per heavy atom. The first kappa shape index (κ1) is 19.7. The van der Waals surface area contributed by atoms with Crippen molar-refractivity contribution in [3.8, 4) is 18.1 Å². The van der Waals surface area contributed by atoms with Gasteiger partial charge in [-0.1, -0.05) is 29.7 Å². The molecule has 0 aliphatic carbocycles. The number of ketones is 1. The molecule has 2 aromatic carbocycles. The van der Waals surface area contributed by atoms with Crippen LogP contribution in [0.4, 0.5) is 4.79 Å². The Labute approximate surface area is 171 Å². The number of amides is 2. The number of rotatable bonds is 6. The number of hydrogen-bond donors (Lipinski definition) is 0. The second kappa shape index (κ2) is 8.79. The Kier molecular flexibility index (Phi) is 6.19. The van der Waals surface area contributed by atoms with Crippen LogP contribution in [0.15, 0.2) is 53.4 Å². The molecule has 1 fully saturated rings. The molecule has 5 nitrogen and oxygen atoms in total. The van der Waals surface area contributed by atoms with Gasteiger partial charge in [-0.15, -0.1) is 6.42 Å². The zero-order valence-corrected chi connectivity index (χ0v) is 16.1. The van der Waals surface area contributed by atoms with E-state index in [1.165, 1.54) is 0 Å². The topological polar surface area (TPSA) is 63.7 Å². The van der Waals surface area contributed by atoms with E-state index in [9.17, 15) is 14.4 Å². The molecule has 3 rings (SSSR count). The number of Topliss-reactive ketones (excluding diaryl/α,β-unsaturated/α-hetero) is 1. The first-order chi connectivity index (χ1) is 13.5. The molecule has 0 radical (unpaired) electrons. The van der Waals surface area contributed by atoms with Crippen LogP contribution < -0.4 is 4.74 Å². The van der Waals surface area contributed by atoms with Crippen LogP contribution in [-0.2, 0) is 4.79 Å². The summed E-state index contributed by atoms with van der Waals surface area (Å²) in [5, 5.41) is 0.0221. The number of benzene rings is 2. The molecule has 1 aliphatic heterocycles. The fourth-order valence-electron chi connectivity index (χ4n) is 2.44. The second-order valence-electron chi connectivity index (χ2n) is 5.76. The molecule has 0 aromatic heterocycles. The van der Waals surface area contributed by atoms with Crippen LogP contribution in [0.3, 0.4) is 0 Å². The fourth-order valence-corrected chi connectivity index (χ4v) is 3.41. The summed E-state index contributed by atoms with van der Waals surface area (Å²) in [6, 6.07) is 13.2. The molecule has 0 spiro atoms. The minimum absolute atomic E-state index is 0.167. The summed E-state index contributed by atoms with van der Waals surface area (Å²) in [7, 11) is 0. The molecule has 0 atom stereocenters. The third kappa shape index (κ3) is 4.63. The minimum atomic E-state index is -0.495. The van der Waals surface area contributed by atoms with Crippen molar-refractivity contribution in [2.75, 3.05) is 13.2 Å². The average Bonchev–Trinajstić information content (AvgIpc) is 2.95. The van der Waals surface area contributed by atoms with Crippen molar-refractivity contribution >= 4 is 46.4 Å². The van der Waals surface area contributed by atoms with E-state index in [0.717, 1.165) is 22.2 Å². The molecule has 1 aliphatic rings. The zero-order chi connectivity index (χ0) is 20.1. The van der Waals surface area contributed by atoms with Gasteiger partial charge in [0.2, 0.25) is 0 Å². The molecule has 0 N–H and O–H groups in total. The summed E-state index contributed by atoms with van der Waals surface area (Å²) in [4.78, 5) is 38.3. The number of hydrogen-bond acceptors (Lipinski definition) is 5. The Morgan fingerprint density at radius 3 is 2.46 bits per heavy atom. The Hall–Kier alpha value is -3.01. The maximum absolute atomic E-state index is 12.5. The SMILES string of the molecule is C#CCOc1ccc(C=C2SC(=O)N(CC(=O)c3ccc(Cl)cc3)C2=O)cc1. The Balaban J connectivity index is 1.70. The summed E-state index contributed by atoms with van der Waals surface area (Å²) in [5.74, 6) is 2.15. The fraction of sp³-hybridized carbons (Fsp3) is 0.0952. The predicted molar refractivity (Wildman–Crippen MR) is 109 cm³/mol. The number of nitrogens with zero attached hydrogens (tertiary/aromatic N) is 1. The van der Waals surface area contributed by atoms with Crippen LogP contribution in [0.5, 0.6) is 5.75 Å². The summed E-state index contributed by atoms with van der Waals surface area (Å²) in [5.41, 5.74) is 1.11. The highest BCUT2D eigenvalue weighted by Crippen LogP contribution is 2.32. The first-order valence-electron chi connectivity index (χ1n) is 8.18. The van der Waals surface area contributed by atoms with Gasteiger partial charge in [0.25, 0.3) is 11.1 Å². The molecule has 7 heteroatoms. The first-order valence-corrected chi connectivity index (χ1v) is 9.38. The molecule has 2 aromatic rings. The van der Waals surface area contributed by atoms with Crippen molar-refractivity contribution in [1.29, 1.82) is 0 Å². The number of terminal acetylenes is 1. The highest BCUT2D eigenvalue weighted by atomic mass is 35.5. The van der Waals surface area contributed by atoms with E-state index in [1.54, 1.807) is 54.6 Å². The summed E-state index contributed by atoms with van der Waals surface area (Å²) >= 11 is 6.61.